The predicted molar refractivity (Wildman–Crippen MR) is 92.5 cm³/mol. The van der Waals surface area contributed by atoms with E-state index in [1.165, 1.54) is 17.4 Å². The van der Waals surface area contributed by atoms with E-state index in [1.807, 2.05) is 12.3 Å². The van der Waals surface area contributed by atoms with Gasteiger partial charge in [0.1, 0.15) is 16.5 Å². The molecule has 0 fully saturated rings. The highest BCUT2D eigenvalue weighted by molar-refractivity contribution is 7.09. The van der Waals surface area contributed by atoms with E-state index >= 15 is 0 Å². The Morgan fingerprint density at radius 2 is 1.96 bits per heavy atom. The van der Waals surface area contributed by atoms with Gasteiger partial charge in [-0.25, -0.2) is 4.98 Å². The molecule has 5 heteroatoms. The number of hydrogen-bond acceptors (Lipinski definition) is 5. The number of nitrogens with zero attached hydrogens (tertiary/aromatic N) is 1. The van der Waals surface area contributed by atoms with Gasteiger partial charge in [0.05, 0.1) is 12.0 Å². The van der Waals surface area contributed by atoms with Gasteiger partial charge >= 0.3 is 0 Å². The van der Waals surface area contributed by atoms with Crippen LogP contribution in [0.4, 0.5) is 0 Å². The minimum atomic E-state index is -0.174. The van der Waals surface area contributed by atoms with Crippen molar-refractivity contribution in [1.82, 2.24) is 4.98 Å². The lowest BCUT2D eigenvalue weighted by atomic mass is 9.99. The summed E-state index contributed by atoms with van der Waals surface area (Å²) in [4.78, 5) is 16.7. The number of aromatic nitrogens is 1. The lowest BCUT2D eigenvalue weighted by Gasteiger charge is -2.09. The van der Waals surface area contributed by atoms with Crippen molar-refractivity contribution in [2.75, 3.05) is 0 Å². The van der Waals surface area contributed by atoms with Gasteiger partial charge in [0.25, 0.3) is 0 Å². The average Bonchev–Trinajstić information content (AvgIpc) is 2.90. The monoisotopic (exact) mass is 333 g/mol. The molecule has 0 saturated heterocycles. The van der Waals surface area contributed by atoms with E-state index in [0.29, 0.717) is 6.42 Å². The smallest absolute Gasteiger partial charge is 0.173 e. The van der Waals surface area contributed by atoms with E-state index < -0.39 is 0 Å². The van der Waals surface area contributed by atoms with E-state index in [9.17, 15) is 15.0 Å². The third-order valence-electron chi connectivity index (χ3n) is 3.78. The first-order valence-corrected chi connectivity index (χ1v) is 8.88. The van der Waals surface area contributed by atoms with Crippen LogP contribution >= 0.6 is 11.3 Å². The Kier molecular flexibility index (Phi) is 6.16. The Labute approximate surface area is 140 Å². The molecule has 0 radical (unpaired) electrons. The number of aromatic hydroxyl groups is 2. The SMILES string of the molecule is CCCCCCc1cc(C(=O)Cc2nc(C)cs2)c(O)cc1O. The number of rotatable bonds is 8. The highest BCUT2D eigenvalue weighted by Gasteiger charge is 2.17. The second-order valence-corrected chi connectivity index (χ2v) is 6.73. The fraction of sp³-hybridized carbons (Fsp3) is 0.444. The number of aryl methyl sites for hydroxylation is 2. The molecule has 0 spiro atoms. The van der Waals surface area contributed by atoms with Crippen molar-refractivity contribution in [3.63, 3.8) is 0 Å². The van der Waals surface area contributed by atoms with Crippen LogP contribution in [-0.4, -0.2) is 21.0 Å². The Balaban J connectivity index is 2.12. The molecule has 2 N–H and O–H groups in total. The van der Waals surface area contributed by atoms with Crippen LogP contribution in [0.5, 0.6) is 11.5 Å². The molecule has 1 heterocycles. The van der Waals surface area contributed by atoms with Gasteiger partial charge in [-0.15, -0.1) is 11.3 Å². The zero-order valence-electron chi connectivity index (χ0n) is 13.6. The number of benzene rings is 1. The van der Waals surface area contributed by atoms with Crippen LogP contribution in [-0.2, 0) is 12.8 Å². The molecule has 23 heavy (non-hydrogen) atoms. The van der Waals surface area contributed by atoms with Gasteiger partial charge in [0.2, 0.25) is 0 Å². The Morgan fingerprint density at radius 1 is 1.17 bits per heavy atom. The summed E-state index contributed by atoms with van der Waals surface area (Å²) in [6, 6.07) is 2.90. The zero-order chi connectivity index (χ0) is 16.8. The molecule has 1 aromatic carbocycles. The molecule has 0 amide bonds. The van der Waals surface area contributed by atoms with E-state index in [2.05, 4.69) is 11.9 Å². The molecule has 0 saturated carbocycles. The van der Waals surface area contributed by atoms with Crippen molar-refractivity contribution in [2.24, 2.45) is 0 Å². The first-order valence-electron chi connectivity index (χ1n) is 8.00. The minimum absolute atomic E-state index is 0.0561. The molecule has 4 nitrogen and oxygen atoms in total. The molecule has 124 valence electrons. The second-order valence-electron chi connectivity index (χ2n) is 5.79. The second kappa shape index (κ2) is 8.11. The van der Waals surface area contributed by atoms with Crippen LogP contribution in [0.25, 0.3) is 0 Å². The van der Waals surface area contributed by atoms with Crippen molar-refractivity contribution < 1.29 is 15.0 Å². The molecule has 0 aliphatic rings. The third-order valence-corrected chi connectivity index (χ3v) is 4.74. The van der Waals surface area contributed by atoms with Gasteiger partial charge in [-0.2, -0.15) is 0 Å². The van der Waals surface area contributed by atoms with Gasteiger partial charge in [-0.05, 0) is 31.4 Å². The summed E-state index contributed by atoms with van der Waals surface area (Å²) in [5.41, 5.74) is 1.88. The number of phenolic OH excluding ortho intramolecular Hbond substituents is 2. The van der Waals surface area contributed by atoms with Crippen LogP contribution in [0.15, 0.2) is 17.5 Å². The van der Waals surface area contributed by atoms with Crippen molar-refractivity contribution in [3.05, 3.63) is 39.3 Å². The lowest BCUT2D eigenvalue weighted by molar-refractivity contribution is 0.0990. The maximum atomic E-state index is 12.4. The quantitative estimate of drug-likeness (QED) is 0.554. The highest BCUT2D eigenvalue weighted by Crippen LogP contribution is 2.30. The van der Waals surface area contributed by atoms with E-state index in [-0.39, 0.29) is 29.3 Å². The van der Waals surface area contributed by atoms with Gasteiger partial charge < -0.3 is 10.2 Å². The number of hydrogen-bond donors (Lipinski definition) is 2. The van der Waals surface area contributed by atoms with Crippen molar-refractivity contribution in [1.29, 1.82) is 0 Å². The van der Waals surface area contributed by atoms with Crippen LogP contribution in [0.1, 0.15) is 59.2 Å². The standard InChI is InChI=1S/C18H23NO3S/c1-3-4-5-6-7-13-8-14(16(21)9-15(13)20)17(22)10-18-19-12(2)11-23-18/h8-9,11,20-21H,3-7,10H2,1-2H3. The van der Waals surface area contributed by atoms with Gasteiger partial charge in [-0.1, -0.05) is 26.2 Å². The number of Topliss-reactive ketones (excluding diaryl/α,β-unsaturated/α-hetero) is 1. The van der Waals surface area contributed by atoms with E-state index in [0.717, 1.165) is 41.9 Å². The van der Waals surface area contributed by atoms with Crippen molar-refractivity contribution >= 4 is 17.1 Å². The van der Waals surface area contributed by atoms with Crippen LogP contribution in [0.3, 0.4) is 0 Å². The molecule has 0 unspecified atom stereocenters. The first kappa shape index (κ1) is 17.5. The number of phenols is 2. The van der Waals surface area contributed by atoms with E-state index in [1.54, 1.807) is 6.07 Å². The first-order chi connectivity index (χ1) is 11.0. The van der Waals surface area contributed by atoms with Crippen molar-refractivity contribution in [3.8, 4) is 11.5 Å². The summed E-state index contributed by atoms with van der Waals surface area (Å²) in [5, 5.41) is 22.6. The summed E-state index contributed by atoms with van der Waals surface area (Å²) in [6.07, 6.45) is 5.26. The number of thiazole rings is 1. The number of ketones is 1. The predicted octanol–water partition coefficient (Wildman–Crippen LogP) is 4.41. The summed E-state index contributed by atoms with van der Waals surface area (Å²) in [6.45, 7) is 4.03. The average molecular weight is 333 g/mol. The summed E-state index contributed by atoms with van der Waals surface area (Å²) < 4.78 is 0. The van der Waals surface area contributed by atoms with Crippen molar-refractivity contribution in [2.45, 2.75) is 52.4 Å². The molecule has 2 aromatic rings. The summed E-state index contributed by atoms with van der Waals surface area (Å²) in [5.74, 6) is -0.287. The molecule has 0 bridgehead atoms. The normalized spacial score (nSPS) is 10.9. The Morgan fingerprint density at radius 3 is 2.61 bits per heavy atom. The van der Waals surface area contributed by atoms with Crippen LogP contribution < -0.4 is 0 Å². The maximum absolute atomic E-state index is 12.4. The summed E-state index contributed by atoms with van der Waals surface area (Å²) >= 11 is 1.44. The maximum Gasteiger partial charge on any atom is 0.173 e. The molecule has 0 aliphatic carbocycles. The Bertz CT molecular complexity index is 679. The molecular formula is C18H23NO3S. The summed E-state index contributed by atoms with van der Waals surface area (Å²) in [7, 11) is 0. The van der Waals surface area contributed by atoms with Crippen LogP contribution in [0.2, 0.25) is 0 Å². The van der Waals surface area contributed by atoms with Crippen LogP contribution in [0, 0.1) is 6.92 Å². The Hall–Kier alpha value is -1.88. The number of carbonyl (C=O) groups is 1. The van der Waals surface area contributed by atoms with E-state index in [4.69, 9.17) is 0 Å². The molecule has 0 aliphatic heterocycles. The fourth-order valence-corrected chi connectivity index (χ4v) is 3.27. The molecule has 2 rings (SSSR count). The highest BCUT2D eigenvalue weighted by atomic mass is 32.1. The number of unbranched alkanes of at least 4 members (excludes halogenated alkanes) is 3. The lowest BCUT2D eigenvalue weighted by Crippen LogP contribution is -2.05. The molecule has 1 aromatic heterocycles. The van der Waals surface area contributed by atoms with Gasteiger partial charge in [0, 0.05) is 17.1 Å². The zero-order valence-corrected chi connectivity index (χ0v) is 14.4. The van der Waals surface area contributed by atoms with Gasteiger partial charge in [-0.3, -0.25) is 4.79 Å². The number of carbonyl (C=O) groups excluding carboxylic acids is 1. The minimum Gasteiger partial charge on any atom is -0.508 e. The molecular weight excluding hydrogens is 310 g/mol. The molecule has 0 atom stereocenters. The fourth-order valence-electron chi connectivity index (χ4n) is 2.50. The third kappa shape index (κ3) is 4.79. The van der Waals surface area contributed by atoms with Gasteiger partial charge in [0.15, 0.2) is 5.78 Å². The topological polar surface area (TPSA) is 70.4 Å². The largest absolute Gasteiger partial charge is 0.508 e.